The number of ether oxygens (including phenoxy) is 1. The Morgan fingerprint density at radius 2 is 1.90 bits per heavy atom. The van der Waals surface area contributed by atoms with Crippen molar-refractivity contribution in [2.24, 2.45) is 5.92 Å². The quantitative estimate of drug-likeness (QED) is 0.929. The van der Waals surface area contributed by atoms with Gasteiger partial charge < -0.3 is 15.0 Å². The Bertz CT molecular complexity index is 445. The second-order valence-corrected chi connectivity index (χ2v) is 5.55. The fourth-order valence-electron chi connectivity index (χ4n) is 2.37. The highest BCUT2D eigenvalue weighted by molar-refractivity contribution is 5.49. The average molecular weight is 302 g/mol. The summed E-state index contributed by atoms with van der Waals surface area (Å²) in [5.41, 5.74) is 0.795. The average Bonchev–Trinajstić information content (AvgIpc) is 2.64. The Kier molecular flexibility index (Phi) is 4.98. The minimum absolute atomic E-state index is 0.0130. The highest BCUT2D eigenvalue weighted by atomic mass is 19.4. The molecular formula is C15H21F3N2O. The second-order valence-electron chi connectivity index (χ2n) is 5.55. The van der Waals surface area contributed by atoms with E-state index in [0.29, 0.717) is 13.1 Å². The first-order chi connectivity index (χ1) is 9.86. The lowest BCUT2D eigenvalue weighted by Gasteiger charge is -2.27. The Labute approximate surface area is 123 Å². The first kappa shape index (κ1) is 15.9. The molecule has 1 heterocycles. The van der Waals surface area contributed by atoms with Crippen LogP contribution in [0.3, 0.4) is 0 Å². The van der Waals surface area contributed by atoms with Gasteiger partial charge in [0.05, 0.1) is 12.0 Å². The van der Waals surface area contributed by atoms with Crippen LogP contribution in [0.25, 0.3) is 0 Å². The fraction of sp³-hybridized carbons (Fsp3) is 0.600. The Morgan fingerprint density at radius 1 is 1.24 bits per heavy atom. The van der Waals surface area contributed by atoms with Gasteiger partial charge in [-0.2, -0.15) is 13.2 Å². The topological polar surface area (TPSA) is 24.5 Å². The van der Waals surface area contributed by atoms with Crippen molar-refractivity contribution < 1.29 is 17.9 Å². The lowest BCUT2D eigenvalue weighted by atomic mass is 10.1. The third-order valence-corrected chi connectivity index (χ3v) is 3.43. The highest BCUT2D eigenvalue weighted by Gasteiger charge is 2.41. The molecule has 1 fully saturated rings. The van der Waals surface area contributed by atoms with Crippen molar-refractivity contribution in [2.75, 3.05) is 31.1 Å². The molecule has 21 heavy (non-hydrogen) atoms. The molecule has 1 saturated heterocycles. The minimum Gasteiger partial charge on any atom is -0.491 e. The number of hydrogen-bond acceptors (Lipinski definition) is 3. The van der Waals surface area contributed by atoms with E-state index in [4.69, 9.17) is 4.74 Å². The summed E-state index contributed by atoms with van der Waals surface area (Å²) in [7, 11) is 0. The molecule has 0 bridgehead atoms. The van der Waals surface area contributed by atoms with Gasteiger partial charge in [0.25, 0.3) is 0 Å². The van der Waals surface area contributed by atoms with E-state index in [1.807, 2.05) is 26.0 Å². The molecule has 118 valence electrons. The molecule has 1 aliphatic rings. The monoisotopic (exact) mass is 302 g/mol. The van der Waals surface area contributed by atoms with Crippen LogP contribution in [0.4, 0.5) is 18.9 Å². The normalized spacial score (nSPS) is 20.5. The molecule has 0 spiro atoms. The first-order valence-electron chi connectivity index (χ1n) is 7.15. The number of anilines is 1. The molecule has 1 aromatic carbocycles. The zero-order chi connectivity index (χ0) is 15.5. The van der Waals surface area contributed by atoms with Crippen LogP contribution in [0, 0.1) is 5.92 Å². The lowest BCUT2D eigenvalue weighted by Crippen LogP contribution is -2.38. The molecule has 1 aromatic rings. The molecule has 0 saturated carbocycles. The number of hydrogen-bond donors (Lipinski definition) is 1. The zero-order valence-electron chi connectivity index (χ0n) is 12.3. The van der Waals surface area contributed by atoms with Crippen LogP contribution in [0.15, 0.2) is 24.3 Å². The van der Waals surface area contributed by atoms with Crippen LogP contribution < -0.4 is 15.0 Å². The van der Waals surface area contributed by atoms with Gasteiger partial charge in [-0.15, -0.1) is 0 Å². The van der Waals surface area contributed by atoms with Crippen molar-refractivity contribution in [3.63, 3.8) is 0 Å². The second kappa shape index (κ2) is 6.56. The number of halogens is 3. The van der Waals surface area contributed by atoms with E-state index >= 15 is 0 Å². The van der Waals surface area contributed by atoms with Gasteiger partial charge >= 0.3 is 6.18 Å². The lowest BCUT2D eigenvalue weighted by molar-refractivity contribution is -0.169. The van der Waals surface area contributed by atoms with E-state index in [-0.39, 0.29) is 19.2 Å². The molecule has 1 atom stereocenters. The standard InChI is InChI=1S/C15H21F3N2O/c1-11(2)21-14-5-3-13(4-6-14)20-8-7-19-9-12(10-20)15(16,17)18/h3-6,11-12,19H,7-10H2,1-2H3. The third-order valence-electron chi connectivity index (χ3n) is 3.43. The van der Waals surface area contributed by atoms with E-state index in [2.05, 4.69) is 5.32 Å². The summed E-state index contributed by atoms with van der Waals surface area (Å²) in [6.07, 6.45) is -4.09. The maximum absolute atomic E-state index is 12.9. The van der Waals surface area contributed by atoms with Gasteiger partial charge in [0.2, 0.25) is 0 Å². The Balaban J connectivity index is 2.08. The molecule has 0 aromatic heterocycles. The van der Waals surface area contributed by atoms with E-state index in [1.54, 1.807) is 17.0 Å². The third kappa shape index (κ3) is 4.52. The maximum Gasteiger partial charge on any atom is 0.394 e. The van der Waals surface area contributed by atoms with Gasteiger partial charge in [0.15, 0.2) is 0 Å². The number of nitrogens with zero attached hydrogens (tertiary/aromatic N) is 1. The molecule has 6 heteroatoms. The van der Waals surface area contributed by atoms with Gasteiger partial charge in [-0.1, -0.05) is 0 Å². The minimum atomic E-state index is -4.17. The zero-order valence-corrected chi connectivity index (χ0v) is 12.3. The number of rotatable bonds is 3. The van der Waals surface area contributed by atoms with E-state index in [0.717, 1.165) is 11.4 Å². The summed E-state index contributed by atoms with van der Waals surface area (Å²) in [4.78, 5) is 1.78. The maximum atomic E-state index is 12.9. The largest absolute Gasteiger partial charge is 0.491 e. The Morgan fingerprint density at radius 3 is 2.48 bits per heavy atom. The van der Waals surface area contributed by atoms with Crippen molar-refractivity contribution in [1.29, 1.82) is 0 Å². The van der Waals surface area contributed by atoms with Crippen molar-refractivity contribution in [3.05, 3.63) is 24.3 Å². The fourth-order valence-corrected chi connectivity index (χ4v) is 2.37. The predicted molar refractivity (Wildman–Crippen MR) is 76.8 cm³/mol. The van der Waals surface area contributed by atoms with E-state index in [9.17, 15) is 13.2 Å². The van der Waals surface area contributed by atoms with Crippen molar-refractivity contribution in [3.8, 4) is 5.75 Å². The summed E-state index contributed by atoms with van der Waals surface area (Å²) in [5.74, 6) is -0.611. The molecular weight excluding hydrogens is 281 g/mol. The van der Waals surface area contributed by atoms with Crippen molar-refractivity contribution in [1.82, 2.24) is 5.32 Å². The van der Waals surface area contributed by atoms with Crippen molar-refractivity contribution >= 4 is 5.69 Å². The van der Waals surface area contributed by atoms with Crippen LogP contribution in [0.1, 0.15) is 13.8 Å². The van der Waals surface area contributed by atoms with Gasteiger partial charge in [0.1, 0.15) is 5.75 Å². The first-order valence-corrected chi connectivity index (χ1v) is 7.15. The molecule has 3 nitrogen and oxygen atoms in total. The molecule has 1 aliphatic heterocycles. The highest BCUT2D eigenvalue weighted by Crippen LogP contribution is 2.29. The van der Waals surface area contributed by atoms with Crippen LogP contribution in [-0.4, -0.2) is 38.5 Å². The van der Waals surface area contributed by atoms with E-state index in [1.165, 1.54) is 0 Å². The van der Waals surface area contributed by atoms with Crippen LogP contribution >= 0.6 is 0 Å². The summed E-state index contributed by atoms with van der Waals surface area (Å²) in [6, 6.07) is 7.24. The van der Waals surface area contributed by atoms with Gasteiger partial charge in [0, 0.05) is 31.9 Å². The van der Waals surface area contributed by atoms with Gasteiger partial charge in [-0.05, 0) is 38.1 Å². The number of benzene rings is 1. The van der Waals surface area contributed by atoms with Gasteiger partial charge in [-0.25, -0.2) is 0 Å². The summed E-state index contributed by atoms with van der Waals surface area (Å²) in [6.45, 7) is 4.95. The summed E-state index contributed by atoms with van der Waals surface area (Å²) < 4.78 is 44.3. The molecule has 1 N–H and O–H groups in total. The molecule has 0 amide bonds. The summed E-state index contributed by atoms with van der Waals surface area (Å²) in [5, 5.41) is 2.85. The smallest absolute Gasteiger partial charge is 0.394 e. The Hall–Kier alpha value is -1.43. The van der Waals surface area contributed by atoms with E-state index < -0.39 is 12.1 Å². The SMILES string of the molecule is CC(C)Oc1ccc(N2CCNCC(C(F)(F)F)C2)cc1. The predicted octanol–water partition coefficient (Wildman–Crippen LogP) is 3.06. The van der Waals surface area contributed by atoms with Crippen molar-refractivity contribution in [2.45, 2.75) is 26.1 Å². The molecule has 1 unspecified atom stereocenters. The molecule has 0 radical (unpaired) electrons. The summed E-state index contributed by atoms with van der Waals surface area (Å²) >= 11 is 0. The molecule has 0 aliphatic carbocycles. The number of alkyl halides is 3. The molecule has 2 rings (SSSR count). The van der Waals surface area contributed by atoms with Gasteiger partial charge in [-0.3, -0.25) is 0 Å². The van der Waals surface area contributed by atoms with Crippen LogP contribution in [0.5, 0.6) is 5.75 Å². The van der Waals surface area contributed by atoms with Crippen LogP contribution in [0.2, 0.25) is 0 Å². The number of nitrogens with one attached hydrogen (secondary N) is 1. The van der Waals surface area contributed by atoms with Crippen LogP contribution in [-0.2, 0) is 0 Å².